The fraction of sp³-hybridized carbons (Fsp3) is 0.214. The number of nitriles is 1. The van der Waals surface area contributed by atoms with Crippen LogP contribution in [0, 0.1) is 11.3 Å². The first-order valence-corrected chi connectivity index (χ1v) is 5.88. The van der Waals surface area contributed by atoms with Crippen LogP contribution in [0.2, 0.25) is 0 Å². The van der Waals surface area contributed by atoms with Gasteiger partial charge in [0.05, 0.1) is 18.4 Å². The number of rotatable bonds is 5. The van der Waals surface area contributed by atoms with Gasteiger partial charge < -0.3 is 10.1 Å². The molecule has 0 fully saturated rings. The van der Waals surface area contributed by atoms with E-state index in [-0.39, 0.29) is 0 Å². The average Bonchev–Trinajstić information content (AvgIpc) is 2.48. The van der Waals surface area contributed by atoms with Crippen LogP contribution in [-0.2, 0) is 13.1 Å². The SMILES string of the molecule is COc1cc(CNCc2cccnn2)ccc1C#N. The standard InChI is InChI=1S/C14H14N4O/c1-19-14-7-11(4-5-12(14)8-15)9-16-10-13-3-2-6-17-18-13/h2-7,16H,9-10H2,1H3. The van der Waals surface area contributed by atoms with E-state index in [9.17, 15) is 0 Å². The first kappa shape index (κ1) is 13.0. The molecule has 0 spiro atoms. The van der Waals surface area contributed by atoms with Crippen LogP contribution in [0.3, 0.4) is 0 Å². The lowest BCUT2D eigenvalue weighted by Crippen LogP contribution is -2.14. The van der Waals surface area contributed by atoms with E-state index in [1.165, 1.54) is 0 Å². The van der Waals surface area contributed by atoms with Crippen molar-refractivity contribution in [1.82, 2.24) is 15.5 Å². The Kier molecular flexibility index (Phi) is 4.43. The van der Waals surface area contributed by atoms with Gasteiger partial charge in [-0.3, -0.25) is 0 Å². The quantitative estimate of drug-likeness (QED) is 0.878. The molecule has 0 saturated heterocycles. The minimum atomic E-state index is 0.542. The van der Waals surface area contributed by atoms with Crippen LogP contribution in [-0.4, -0.2) is 17.3 Å². The summed E-state index contributed by atoms with van der Waals surface area (Å²) >= 11 is 0. The number of hydrogen-bond donors (Lipinski definition) is 1. The smallest absolute Gasteiger partial charge is 0.136 e. The van der Waals surface area contributed by atoms with E-state index < -0.39 is 0 Å². The van der Waals surface area contributed by atoms with Gasteiger partial charge in [0.25, 0.3) is 0 Å². The highest BCUT2D eigenvalue weighted by Gasteiger charge is 2.03. The number of nitrogens with zero attached hydrogens (tertiary/aromatic N) is 3. The van der Waals surface area contributed by atoms with Crippen molar-refractivity contribution in [3.63, 3.8) is 0 Å². The van der Waals surface area contributed by atoms with Crippen LogP contribution >= 0.6 is 0 Å². The number of hydrogen-bond acceptors (Lipinski definition) is 5. The minimum Gasteiger partial charge on any atom is -0.495 e. The maximum atomic E-state index is 8.90. The predicted molar refractivity (Wildman–Crippen MR) is 70.3 cm³/mol. The fourth-order valence-corrected chi connectivity index (χ4v) is 1.70. The minimum absolute atomic E-state index is 0.542. The average molecular weight is 254 g/mol. The van der Waals surface area contributed by atoms with Gasteiger partial charge in [0.15, 0.2) is 0 Å². The van der Waals surface area contributed by atoms with E-state index in [4.69, 9.17) is 10.00 Å². The molecule has 0 unspecified atom stereocenters. The summed E-state index contributed by atoms with van der Waals surface area (Å²) in [7, 11) is 1.56. The highest BCUT2D eigenvalue weighted by Crippen LogP contribution is 2.19. The molecule has 0 aliphatic carbocycles. The Morgan fingerprint density at radius 2 is 2.21 bits per heavy atom. The van der Waals surface area contributed by atoms with Crippen molar-refractivity contribution in [2.75, 3.05) is 7.11 Å². The molecule has 0 amide bonds. The number of methoxy groups -OCH3 is 1. The monoisotopic (exact) mass is 254 g/mol. The van der Waals surface area contributed by atoms with Gasteiger partial charge in [0.2, 0.25) is 0 Å². The summed E-state index contributed by atoms with van der Waals surface area (Å²) in [5.41, 5.74) is 2.49. The molecule has 1 N–H and O–H groups in total. The van der Waals surface area contributed by atoms with Crippen molar-refractivity contribution >= 4 is 0 Å². The third kappa shape index (κ3) is 3.50. The largest absolute Gasteiger partial charge is 0.495 e. The maximum Gasteiger partial charge on any atom is 0.136 e. The second-order valence-electron chi connectivity index (χ2n) is 3.96. The van der Waals surface area contributed by atoms with Crippen molar-refractivity contribution in [3.05, 3.63) is 53.3 Å². The highest BCUT2D eigenvalue weighted by atomic mass is 16.5. The fourth-order valence-electron chi connectivity index (χ4n) is 1.70. The molecule has 5 nitrogen and oxygen atoms in total. The van der Waals surface area contributed by atoms with Crippen molar-refractivity contribution < 1.29 is 4.74 Å². The molecule has 1 aromatic heterocycles. The van der Waals surface area contributed by atoms with Crippen molar-refractivity contribution in [3.8, 4) is 11.8 Å². The van der Waals surface area contributed by atoms with Crippen LogP contribution in [0.4, 0.5) is 0 Å². The van der Waals surface area contributed by atoms with E-state index in [1.807, 2.05) is 24.3 Å². The molecular weight excluding hydrogens is 240 g/mol. The normalized spacial score (nSPS) is 9.89. The summed E-state index contributed by atoms with van der Waals surface area (Å²) in [6.07, 6.45) is 1.65. The molecule has 0 aliphatic heterocycles. The van der Waals surface area contributed by atoms with Gasteiger partial charge in [-0.25, -0.2) is 0 Å². The lowest BCUT2D eigenvalue weighted by molar-refractivity contribution is 0.412. The van der Waals surface area contributed by atoms with Crippen molar-refractivity contribution in [1.29, 1.82) is 5.26 Å². The molecule has 0 aliphatic rings. The molecule has 0 radical (unpaired) electrons. The Hall–Kier alpha value is -2.45. The van der Waals surface area contributed by atoms with Crippen LogP contribution in [0.25, 0.3) is 0 Å². The number of ether oxygens (including phenoxy) is 1. The zero-order chi connectivity index (χ0) is 13.5. The van der Waals surface area contributed by atoms with Crippen LogP contribution < -0.4 is 10.1 Å². The third-order valence-corrected chi connectivity index (χ3v) is 2.65. The zero-order valence-corrected chi connectivity index (χ0v) is 10.6. The number of benzene rings is 1. The lowest BCUT2D eigenvalue weighted by atomic mass is 10.1. The molecule has 1 heterocycles. The summed E-state index contributed by atoms with van der Waals surface area (Å²) < 4.78 is 5.17. The Balaban J connectivity index is 1.95. The van der Waals surface area contributed by atoms with E-state index in [0.29, 0.717) is 24.4 Å². The van der Waals surface area contributed by atoms with Gasteiger partial charge in [-0.1, -0.05) is 6.07 Å². The summed E-state index contributed by atoms with van der Waals surface area (Å²) in [5.74, 6) is 0.598. The first-order chi connectivity index (χ1) is 9.33. The predicted octanol–water partition coefficient (Wildman–Crippen LogP) is 1.65. The van der Waals surface area contributed by atoms with Gasteiger partial charge in [-0.15, -0.1) is 0 Å². The second kappa shape index (κ2) is 6.47. The Labute approximate surface area is 111 Å². The van der Waals surface area contributed by atoms with Crippen molar-refractivity contribution in [2.24, 2.45) is 0 Å². The molecule has 96 valence electrons. The number of nitrogens with one attached hydrogen (secondary N) is 1. The topological polar surface area (TPSA) is 70.8 Å². The number of aromatic nitrogens is 2. The van der Waals surface area contributed by atoms with Gasteiger partial charge in [0.1, 0.15) is 11.8 Å². The van der Waals surface area contributed by atoms with Crippen LogP contribution in [0.15, 0.2) is 36.5 Å². The summed E-state index contributed by atoms with van der Waals surface area (Å²) in [6.45, 7) is 1.33. The summed E-state index contributed by atoms with van der Waals surface area (Å²) in [6, 6.07) is 11.4. The molecule has 19 heavy (non-hydrogen) atoms. The third-order valence-electron chi connectivity index (χ3n) is 2.65. The molecule has 0 saturated carbocycles. The first-order valence-electron chi connectivity index (χ1n) is 5.88. The molecular formula is C14H14N4O. The van der Waals surface area contributed by atoms with Crippen molar-refractivity contribution in [2.45, 2.75) is 13.1 Å². The summed E-state index contributed by atoms with van der Waals surface area (Å²) in [5, 5.41) is 20.0. The summed E-state index contributed by atoms with van der Waals surface area (Å²) in [4.78, 5) is 0. The lowest BCUT2D eigenvalue weighted by Gasteiger charge is -2.07. The molecule has 0 bridgehead atoms. The van der Waals surface area contributed by atoms with Crippen LogP contribution in [0.1, 0.15) is 16.8 Å². The van der Waals surface area contributed by atoms with Gasteiger partial charge >= 0.3 is 0 Å². The molecule has 0 atom stereocenters. The second-order valence-corrected chi connectivity index (χ2v) is 3.96. The van der Waals surface area contributed by atoms with Gasteiger partial charge in [-0.2, -0.15) is 15.5 Å². The molecule has 2 aromatic rings. The zero-order valence-electron chi connectivity index (χ0n) is 10.6. The van der Waals surface area contributed by atoms with Crippen LogP contribution in [0.5, 0.6) is 5.75 Å². The Morgan fingerprint density at radius 1 is 1.32 bits per heavy atom. The van der Waals surface area contributed by atoms with Gasteiger partial charge in [-0.05, 0) is 29.8 Å². The molecule has 5 heteroatoms. The Morgan fingerprint density at radius 3 is 2.89 bits per heavy atom. The van der Waals surface area contributed by atoms with E-state index in [1.54, 1.807) is 19.4 Å². The maximum absolute atomic E-state index is 8.90. The van der Waals surface area contributed by atoms with Gasteiger partial charge in [0, 0.05) is 19.3 Å². The van der Waals surface area contributed by atoms with E-state index in [0.717, 1.165) is 11.3 Å². The molecule has 2 rings (SSSR count). The molecule has 1 aromatic carbocycles. The van der Waals surface area contributed by atoms with E-state index >= 15 is 0 Å². The Bertz CT molecular complexity index is 578. The van der Waals surface area contributed by atoms with E-state index in [2.05, 4.69) is 21.6 Å². The highest BCUT2D eigenvalue weighted by molar-refractivity contribution is 5.45.